The highest BCUT2D eigenvalue weighted by Gasteiger charge is 2.19. The van der Waals surface area contributed by atoms with Gasteiger partial charge in [0.15, 0.2) is 5.76 Å². The van der Waals surface area contributed by atoms with Crippen LogP contribution in [0.2, 0.25) is 0 Å². The number of benzene rings is 2. The molecule has 0 radical (unpaired) electrons. The minimum absolute atomic E-state index is 0.0578. The molecule has 1 aromatic heterocycles. The van der Waals surface area contributed by atoms with E-state index in [2.05, 4.69) is 9.72 Å². The first-order valence-electron chi connectivity index (χ1n) is 7.61. The molecule has 0 saturated carbocycles. The van der Waals surface area contributed by atoms with E-state index < -0.39 is 5.97 Å². The molecule has 6 heteroatoms. The van der Waals surface area contributed by atoms with E-state index in [1.165, 1.54) is 7.11 Å². The molecule has 1 N–H and O–H groups in total. The second-order valence-corrected chi connectivity index (χ2v) is 5.31. The van der Waals surface area contributed by atoms with Gasteiger partial charge in [0.25, 0.3) is 0 Å². The molecule has 0 bridgehead atoms. The summed E-state index contributed by atoms with van der Waals surface area (Å²) in [7, 11) is 2.91. The number of esters is 1. The van der Waals surface area contributed by atoms with E-state index in [9.17, 15) is 9.90 Å². The second kappa shape index (κ2) is 7.09. The number of phenolic OH excluding ortho intramolecular Hbond substituents is 1. The van der Waals surface area contributed by atoms with Gasteiger partial charge in [-0.25, -0.2) is 4.98 Å². The van der Waals surface area contributed by atoms with E-state index in [1.54, 1.807) is 31.4 Å². The van der Waals surface area contributed by atoms with Gasteiger partial charge in [0.1, 0.15) is 23.6 Å². The van der Waals surface area contributed by atoms with Crippen LogP contribution >= 0.6 is 0 Å². The SMILES string of the molecule is COC(=O)Cc1nc(-c2ccc(OC)cc2)c(-c2ccc(O)cc2)o1. The van der Waals surface area contributed by atoms with Gasteiger partial charge < -0.3 is 19.0 Å². The number of oxazole rings is 1. The fourth-order valence-electron chi connectivity index (χ4n) is 2.39. The number of phenols is 1. The molecule has 1 heterocycles. The standard InChI is InChI=1S/C19H17NO5/c1-23-15-9-5-12(6-10-15)18-19(13-3-7-14(21)8-4-13)25-16(20-18)11-17(22)24-2/h3-10,21H,11H2,1-2H3. The lowest BCUT2D eigenvalue weighted by Crippen LogP contribution is -2.04. The Morgan fingerprint density at radius 2 is 1.68 bits per heavy atom. The van der Waals surface area contributed by atoms with E-state index in [-0.39, 0.29) is 18.1 Å². The van der Waals surface area contributed by atoms with Crippen molar-refractivity contribution in [1.82, 2.24) is 4.98 Å². The zero-order chi connectivity index (χ0) is 17.8. The van der Waals surface area contributed by atoms with Gasteiger partial charge in [-0.15, -0.1) is 0 Å². The number of aromatic hydroxyl groups is 1. The summed E-state index contributed by atoms with van der Waals surface area (Å²) in [5.41, 5.74) is 2.17. The predicted molar refractivity (Wildman–Crippen MR) is 91.3 cm³/mol. The Morgan fingerprint density at radius 1 is 1.04 bits per heavy atom. The highest BCUT2D eigenvalue weighted by atomic mass is 16.5. The number of carbonyl (C=O) groups excluding carboxylic acids is 1. The van der Waals surface area contributed by atoms with Crippen LogP contribution < -0.4 is 4.74 Å². The normalized spacial score (nSPS) is 10.5. The number of hydrogen-bond acceptors (Lipinski definition) is 6. The van der Waals surface area contributed by atoms with Crippen molar-refractivity contribution in [2.24, 2.45) is 0 Å². The Hall–Kier alpha value is -3.28. The molecular formula is C19H17NO5. The summed E-state index contributed by atoms with van der Waals surface area (Å²) < 4.78 is 15.6. The van der Waals surface area contributed by atoms with Crippen LogP contribution in [0.5, 0.6) is 11.5 Å². The lowest BCUT2D eigenvalue weighted by molar-refractivity contribution is -0.140. The highest BCUT2D eigenvalue weighted by molar-refractivity contribution is 5.78. The molecule has 3 rings (SSSR count). The first-order valence-corrected chi connectivity index (χ1v) is 7.61. The minimum atomic E-state index is -0.431. The van der Waals surface area contributed by atoms with Crippen LogP contribution in [-0.4, -0.2) is 30.3 Å². The number of nitrogens with zero attached hydrogens (tertiary/aromatic N) is 1. The summed E-state index contributed by atoms with van der Waals surface area (Å²) in [6, 6.07) is 14.0. The van der Waals surface area contributed by atoms with Crippen molar-refractivity contribution in [3.63, 3.8) is 0 Å². The Kier molecular flexibility index (Phi) is 4.70. The van der Waals surface area contributed by atoms with Crippen LogP contribution in [0.1, 0.15) is 5.89 Å². The van der Waals surface area contributed by atoms with E-state index in [1.807, 2.05) is 24.3 Å². The molecule has 0 aliphatic rings. The number of aromatic nitrogens is 1. The summed E-state index contributed by atoms with van der Waals surface area (Å²) in [6.45, 7) is 0. The van der Waals surface area contributed by atoms with Crippen molar-refractivity contribution in [1.29, 1.82) is 0 Å². The van der Waals surface area contributed by atoms with Gasteiger partial charge >= 0.3 is 5.97 Å². The van der Waals surface area contributed by atoms with Gasteiger partial charge in [0.05, 0.1) is 14.2 Å². The van der Waals surface area contributed by atoms with Crippen molar-refractivity contribution < 1.29 is 23.8 Å². The molecule has 0 aliphatic heterocycles. The molecule has 0 unspecified atom stereocenters. The fraction of sp³-hybridized carbons (Fsp3) is 0.158. The molecule has 0 saturated heterocycles. The topological polar surface area (TPSA) is 81.8 Å². The van der Waals surface area contributed by atoms with Gasteiger partial charge in [-0.1, -0.05) is 0 Å². The first-order chi connectivity index (χ1) is 12.1. The number of ether oxygens (including phenoxy) is 2. The van der Waals surface area contributed by atoms with Gasteiger partial charge in [-0.3, -0.25) is 4.79 Å². The lowest BCUT2D eigenvalue weighted by atomic mass is 10.1. The maximum atomic E-state index is 11.5. The summed E-state index contributed by atoms with van der Waals surface area (Å²) in [6.07, 6.45) is -0.0578. The second-order valence-electron chi connectivity index (χ2n) is 5.31. The third kappa shape index (κ3) is 3.63. The third-order valence-corrected chi connectivity index (χ3v) is 3.69. The zero-order valence-corrected chi connectivity index (χ0v) is 13.9. The third-order valence-electron chi connectivity index (χ3n) is 3.69. The first kappa shape index (κ1) is 16.6. The van der Waals surface area contributed by atoms with Crippen molar-refractivity contribution in [3.05, 3.63) is 54.4 Å². The molecule has 6 nitrogen and oxygen atoms in total. The Balaban J connectivity index is 2.06. The van der Waals surface area contributed by atoms with Crippen molar-refractivity contribution in [2.45, 2.75) is 6.42 Å². The van der Waals surface area contributed by atoms with Crippen LogP contribution in [0.15, 0.2) is 52.9 Å². The molecule has 0 amide bonds. The van der Waals surface area contributed by atoms with Gasteiger partial charge in [-0.05, 0) is 48.5 Å². The summed E-state index contributed by atoms with van der Waals surface area (Å²) >= 11 is 0. The average Bonchev–Trinajstić information content (AvgIpc) is 3.06. The van der Waals surface area contributed by atoms with Crippen molar-refractivity contribution in [3.8, 4) is 34.1 Å². The molecule has 0 spiro atoms. The summed E-state index contributed by atoms with van der Waals surface area (Å²) in [4.78, 5) is 16.0. The quantitative estimate of drug-likeness (QED) is 0.717. The smallest absolute Gasteiger partial charge is 0.314 e. The van der Waals surface area contributed by atoms with Crippen LogP contribution in [0.25, 0.3) is 22.6 Å². The largest absolute Gasteiger partial charge is 0.508 e. The minimum Gasteiger partial charge on any atom is -0.508 e. The molecule has 0 fully saturated rings. The number of carbonyl (C=O) groups is 1. The maximum absolute atomic E-state index is 11.5. The lowest BCUT2D eigenvalue weighted by Gasteiger charge is -2.03. The zero-order valence-electron chi connectivity index (χ0n) is 13.9. The fourth-order valence-corrected chi connectivity index (χ4v) is 2.39. The maximum Gasteiger partial charge on any atom is 0.314 e. The van der Waals surface area contributed by atoms with E-state index in [0.717, 1.165) is 16.9 Å². The van der Waals surface area contributed by atoms with Crippen LogP contribution in [0.3, 0.4) is 0 Å². The van der Waals surface area contributed by atoms with Gasteiger partial charge in [0.2, 0.25) is 5.89 Å². The Morgan fingerprint density at radius 3 is 2.28 bits per heavy atom. The monoisotopic (exact) mass is 339 g/mol. The predicted octanol–water partition coefficient (Wildman–Crippen LogP) is 3.44. The summed E-state index contributed by atoms with van der Waals surface area (Å²) in [5.74, 6) is 1.24. The molecular weight excluding hydrogens is 322 g/mol. The van der Waals surface area contributed by atoms with Crippen LogP contribution in [-0.2, 0) is 16.0 Å². The van der Waals surface area contributed by atoms with E-state index in [4.69, 9.17) is 9.15 Å². The van der Waals surface area contributed by atoms with Crippen molar-refractivity contribution in [2.75, 3.05) is 14.2 Å². The molecule has 25 heavy (non-hydrogen) atoms. The number of rotatable bonds is 5. The molecule has 0 atom stereocenters. The Labute approximate surface area is 144 Å². The molecule has 0 aliphatic carbocycles. The molecule has 3 aromatic rings. The number of hydrogen-bond donors (Lipinski definition) is 1. The van der Waals surface area contributed by atoms with Crippen LogP contribution in [0.4, 0.5) is 0 Å². The van der Waals surface area contributed by atoms with Gasteiger partial charge in [-0.2, -0.15) is 0 Å². The Bertz CT molecular complexity index is 866. The summed E-state index contributed by atoms with van der Waals surface area (Å²) in [5, 5.41) is 9.48. The van der Waals surface area contributed by atoms with E-state index in [0.29, 0.717) is 11.5 Å². The van der Waals surface area contributed by atoms with Crippen LogP contribution in [0, 0.1) is 0 Å². The molecule has 2 aromatic carbocycles. The number of methoxy groups -OCH3 is 2. The van der Waals surface area contributed by atoms with Gasteiger partial charge in [0, 0.05) is 11.1 Å². The average molecular weight is 339 g/mol. The van der Waals surface area contributed by atoms with Crippen molar-refractivity contribution >= 4 is 5.97 Å². The van der Waals surface area contributed by atoms with E-state index >= 15 is 0 Å². The molecule has 128 valence electrons. The highest BCUT2D eigenvalue weighted by Crippen LogP contribution is 2.34.